The highest BCUT2D eigenvalue weighted by atomic mass is 35.5. The third-order valence-electron chi connectivity index (χ3n) is 1.62. The highest BCUT2D eigenvalue weighted by Gasteiger charge is 2.17. The number of rotatable bonds is 3. The van der Waals surface area contributed by atoms with Gasteiger partial charge in [-0.25, -0.2) is 13.2 Å². The Morgan fingerprint density at radius 2 is 2.07 bits per heavy atom. The number of Topliss-reactive ketones (excluding diaryl/α,β-unsaturated/α-hetero) is 1. The number of ketones is 1. The van der Waals surface area contributed by atoms with Crippen LogP contribution in [-0.4, -0.2) is 12.2 Å². The molecular formula is C9H6ClF3O. The lowest BCUT2D eigenvalue weighted by Gasteiger charge is -2.02. The fourth-order valence-corrected chi connectivity index (χ4v) is 1.14. The predicted octanol–water partition coefficient (Wildman–Crippen LogP) is 2.86. The first-order valence-electron chi connectivity index (χ1n) is 3.75. The summed E-state index contributed by atoms with van der Waals surface area (Å²) in [6.07, 6.45) is -3.71. The summed E-state index contributed by atoms with van der Waals surface area (Å²) < 4.78 is 36.6. The SMILES string of the molecule is O=C(Cc1cc(Cl)ccc1F)C(F)F. The highest BCUT2D eigenvalue weighted by Crippen LogP contribution is 2.16. The van der Waals surface area contributed by atoms with Crippen LogP contribution in [0.25, 0.3) is 0 Å². The second kappa shape index (κ2) is 4.46. The van der Waals surface area contributed by atoms with Gasteiger partial charge in [0.05, 0.1) is 0 Å². The molecule has 5 heteroatoms. The lowest BCUT2D eigenvalue weighted by atomic mass is 10.1. The van der Waals surface area contributed by atoms with Gasteiger partial charge in [0, 0.05) is 11.4 Å². The second-order valence-corrected chi connectivity index (χ2v) is 3.12. The van der Waals surface area contributed by atoms with Gasteiger partial charge in [-0.05, 0) is 23.8 Å². The molecule has 1 rings (SSSR count). The van der Waals surface area contributed by atoms with Crippen molar-refractivity contribution in [2.75, 3.05) is 0 Å². The minimum atomic E-state index is -3.08. The molecule has 0 aliphatic carbocycles. The molecule has 0 N–H and O–H groups in total. The fraction of sp³-hybridized carbons (Fsp3) is 0.222. The molecule has 0 spiro atoms. The van der Waals surface area contributed by atoms with E-state index in [9.17, 15) is 18.0 Å². The quantitative estimate of drug-likeness (QED) is 0.769. The highest BCUT2D eigenvalue weighted by molar-refractivity contribution is 6.30. The molecule has 0 unspecified atom stereocenters. The Kier molecular flexibility index (Phi) is 3.52. The minimum absolute atomic E-state index is 0.109. The van der Waals surface area contributed by atoms with E-state index in [1.165, 1.54) is 6.07 Å². The van der Waals surface area contributed by atoms with E-state index in [1.807, 2.05) is 0 Å². The molecule has 0 saturated carbocycles. The Hall–Kier alpha value is -1.03. The van der Waals surface area contributed by atoms with E-state index in [2.05, 4.69) is 0 Å². The molecule has 0 radical (unpaired) electrons. The molecule has 0 aromatic heterocycles. The zero-order chi connectivity index (χ0) is 10.7. The van der Waals surface area contributed by atoms with Crippen LogP contribution in [0.1, 0.15) is 5.56 Å². The summed E-state index contributed by atoms with van der Waals surface area (Å²) >= 11 is 5.51. The van der Waals surface area contributed by atoms with Gasteiger partial charge >= 0.3 is 0 Å². The van der Waals surface area contributed by atoms with Crippen molar-refractivity contribution in [3.8, 4) is 0 Å². The molecule has 0 amide bonds. The van der Waals surface area contributed by atoms with Crippen molar-refractivity contribution < 1.29 is 18.0 Å². The molecule has 0 atom stereocenters. The first kappa shape index (κ1) is 11.0. The van der Waals surface area contributed by atoms with Gasteiger partial charge in [0.15, 0.2) is 0 Å². The summed E-state index contributed by atoms with van der Waals surface area (Å²) in [5.74, 6) is -2.02. The number of carbonyl (C=O) groups excluding carboxylic acids is 1. The second-order valence-electron chi connectivity index (χ2n) is 2.68. The first-order valence-corrected chi connectivity index (χ1v) is 4.13. The van der Waals surface area contributed by atoms with Crippen LogP contribution in [0.5, 0.6) is 0 Å². The van der Waals surface area contributed by atoms with Crippen LogP contribution in [-0.2, 0) is 11.2 Å². The van der Waals surface area contributed by atoms with E-state index >= 15 is 0 Å². The Labute approximate surface area is 83.5 Å². The summed E-state index contributed by atoms with van der Waals surface area (Å²) in [4.78, 5) is 10.6. The maximum Gasteiger partial charge on any atom is 0.296 e. The molecule has 76 valence electrons. The third-order valence-corrected chi connectivity index (χ3v) is 1.85. The van der Waals surface area contributed by atoms with E-state index in [4.69, 9.17) is 11.6 Å². The molecule has 0 fully saturated rings. The molecule has 0 saturated heterocycles. The van der Waals surface area contributed by atoms with Crippen LogP contribution in [0.3, 0.4) is 0 Å². The van der Waals surface area contributed by atoms with Gasteiger partial charge < -0.3 is 0 Å². The van der Waals surface area contributed by atoms with Crippen molar-refractivity contribution in [1.82, 2.24) is 0 Å². The van der Waals surface area contributed by atoms with Crippen LogP contribution in [0, 0.1) is 5.82 Å². The monoisotopic (exact) mass is 222 g/mol. The van der Waals surface area contributed by atoms with Gasteiger partial charge in [-0.2, -0.15) is 0 Å². The number of benzene rings is 1. The van der Waals surface area contributed by atoms with Crippen molar-refractivity contribution in [3.63, 3.8) is 0 Å². The van der Waals surface area contributed by atoms with Crippen LogP contribution < -0.4 is 0 Å². The topological polar surface area (TPSA) is 17.1 Å². The maximum atomic E-state index is 12.9. The van der Waals surface area contributed by atoms with Crippen molar-refractivity contribution in [1.29, 1.82) is 0 Å². The molecule has 1 aromatic rings. The van der Waals surface area contributed by atoms with Crippen LogP contribution >= 0.6 is 11.6 Å². The minimum Gasteiger partial charge on any atom is -0.293 e. The zero-order valence-electron chi connectivity index (χ0n) is 6.94. The Bertz CT molecular complexity index is 352. The first-order chi connectivity index (χ1) is 6.50. The molecule has 0 aliphatic heterocycles. The van der Waals surface area contributed by atoms with Gasteiger partial charge in [0.25, 0.3) is 6.43 Å². The Morgan fingerprint density at radius 3 is 2.64 bits per heavy atom. The van der Waals surface area contributed by atoms with Crippen LogP contribution in [0.15, 0.2) is 18.2 Å². The lowest BCUT2D eigenvalue weighted by molar-refractivity contribution is -0.128. The van der Waals surface area contributed by atoms with E-state index in [-0.39, 0.29) is 10.6 Å². The number of hydrogen-bond donors (Lipinski definition) is 0. The zero-order valence-corrected chi connectivity index (χ0v) is 7.69. The number of carbonyl (C=O) groups is 1. The average molecular weight is 223 g/mol. The molecular weight excluding hydrogens is 217 g/mol. The fourth-order valence-electron chi connectivity index (χ4n) is 0.944. The number of halogens is 4. The molecule has 0 aliphatic rings. The summed E-state index contributed by atoms with van der Waals surface area (Å²) in [5, 5.41) is 0.212. The van der Waals surface area contributed by atoms with Crippen molar-refractivity contribution in [2.45, 2.75) is 12.8 Å². The largest absolute Gasteiger partial charge is 0.296 e. The van der Waals surface area contributed by atoms with E-state index < -0.39 is 24.4 Å². The van der Waals surface area contributed by atoms with Crippen molar-refractivity contribution >= 4 is 17.4 Å². The summed E-state index contributed by atoms with van der Waals surface area (Å²) in [7, 11) is 0. The van der Waals surface area contributed by atoms with Crippen molar-refractivity contribution in [3.05, 3.63) is 34.6 Å². The summed E-state index contributed by atoms with van der Waals surface area (Å²) in [6, 6.07) is 3.49. The lowest BCUT2D eigenvalue weighted by Crippen LogP contribution is -2.13. The normalized spacial score (nSPS) is 10.6. The van der Waals surface area contributed by atoms with Crippen LogP contribution in [0.2, 0.25) is 5.02 Å². The third kappa shape index (κ3) is 2.73. The predicted molar refractivity (Wildman–Crippen MR) is 46.1 cm³/mol. The maximum absolute atomic E-state index is 12.9. The average Bonchev–Trinajstić information content (AvgIpc) is 2.11. The van der Waals surface area contributed by atoms with Gasteiger partial charge in [-0.15, -0.1) is 0 Å². The van der Waals surface area contributed by atoms with Gasteiger partial charge in [0.2, 0.25) is 5.78 Å². The van der Waals surface area contributed by atoms with E-state index in [0.717, 1.165) is 12.1 Å². The summed E-state index contributed by atoms with van der Waals surface area (Å²) in [6.45, 7) is 0. The van der Waals surface area contributed by atoms with Gasteiger partial charge in [-0.1, -0.05) is 11.6 Å². The van der Waals surface area contributed by atoms with Gasteiger partial charge in [0.1, 0.15) is 5.82 Å². The van der Waals surface area contributed by atoms with Crippen LogP contribution in [0.4, 0.5) is 13.2 Å². The molecule has 0 heterocycles. The number of alkyl halides is 2. The summed E-state index contributed by atoms with van der Waals surface area (Å²) in [5.41, 5.74) is -0.109. The van der Waals surface area contributed by atoms with Gasteiger partial charge in [-0.3, -0.25) is 4.79 Å². The Balaban J connectivity index is 2.86. The standard InChI is InChI=1S/C9H6ClF3O/c10-6-1-2-7(11)5(3-6)4-8(14)9(12)13/h1-3,9H,4H2. The molecule has 14 heavy (non-hydrogen) atoms. The van der Waals surface area contributed by atoms with Crippen molar-refractivity contribution in [2.24, 2.45) is 0 Å². The Morgan fingerprint density at radius 1 is 1.43 bits per heavy atom. The molecule has 1 nitrogen and oxygen atoms in total. The van der Waals surface area contributed by atoms with E-state index in [0.29, 0.717) is 0 Å². The smallest absolute Gasteiger partial charge is 0.293 e. The molecule has 0 bridgehead atoms. The van der Waals surface area contributed by atoms with E-state index in [1.54, 1.807) is 0 Å². The molecule has 1 aromatic carbocycles. The number of hydrogen-bond acceptors (Lipinski definition) is 1.